The first-order valence-electron chi connectivity index (χ1n) is 12.8. The molecule has 0 saturated heterocycles. The van der Waals surface area contributed by atoms with E-state index in [4.69, 9.17) is 10.5 Å². The Labute approximate surface area is 214 Å². The van der Waals surface area contributed by atoms with Gasteiger partial charge in [-0.3, -0.25) is 0 Å². The fourth-order valence-corrected chi connectivity index (χ4v) is 4.33. The van der Waals surface area contributed by atoms with E-state index in [1.165, 1.54) is 32.1 Å². The van der Waals surface area contributed by atoms with E-state index >= 15 is 0 Å². The van der Waals surface area contributed by atoms with Gasteiger partial charge in [0.2, 0.25) is 0 Å². The summed E-state index contributed by atoms with van der Waals surface area (Å²) in [4.78, 5) is 4.53. The number of hydrogen-bond donors (Lipinski definition) is 1. The normalized spacial score (nSPS) is 10.7. The van der Waals surface area contributed by atoms with Gasteiger partial charge in [0.15, 0.2) is 0 Å². The molecule has 0 aliphatic heterocycles. The molecule has 0 spiro atoms. The number of nitriles is 1. The van der Waals surface area contributed by atoms with Crippen molar-refractivity contribution in [1.82, 2.24) is 4.98 Å². The standard InChI is InChI=1S/C32H33N3O/c1-2-3-4-5-6-10-21-36-28-19-17-26(18-20-28)29-22-31(35-32(34)30(29)23-33)27-15-13-25(14-16-27)24-11-8-7-9-12-24/h7-9,11-20,22H,2-6,10,21H2,1H3,(H2,34,35). The molecule has 0 saturated carbocycles. The van der Waals surface area contributed by atoms with Crippen LogP contribution < -0.4 is 10.5 Å². The minimum Gasteiger partial charge on any atom is -0.494 e. The van der Waals surface area contributed by atoms with E-state index in [0.717, 1.165) is 52.3 Å². The third-order valence-electron chi connectivity index (χ3n) is 6.38. The maximum absolute atomic E-state index is 9.77. The van der Waals surface area contributed by atoms with E-state index in [2.05, 4.69) is 42.2 Å². The lowest BCUT2D eigenvalue weighted by atomic mass is 9.97. The molecule has 0 amide bonds. The minimum atomic E-state index is 0.237. The average Bonchev–Trinajstić information content (AvgIpc) is 2.93. The summed E-state index contributed by atoms with van der Waals surface area (Å²) in [5.74, 6) is 1.07. The zero-order valence-electron chi connectivity index (χ0n) is 20.9. The van der Waals surface area contributed by atoms with Gasteiger partial charge >= 0.3 is 0 Å². The topological polar surface area (TPSA) is 71.9 Å². The summed E-state index contributed by atoms with van der Waals surface area (Å²) in [6.07, 6.45) is 7.43. The molecule has 0 unspecified atom stereocenters. The number of nitrogens with two attached hydrogens (primary N) is 1. The number of ether oxygens (including phenoxy) is 1. The first-order chi connectivity index (χ1) is 17.7. The minimum absolute atomic E-state index is 0.237. The van der Waals surface area contributed by atoms with Gasteiger partial charge in [0.25, 0.3) is 0 Å². The first kappa shape index (κ1) is 25.0. The summed E-state index contributed by atoms with van der Waals surface area (Å²) >= 11 is 0. The molecule has 3 aromatic carbocycles. The van der Waals surface area contributed by atoms with Gasteiger partial charge in [-0.15, -0.1) is 0 Å². The number of nitrogens with zero attached hydrogens (tertiary/aromatic N) is 2. The van der Waals surface area contributed by atoms with Crippen molar-refractivity contribution in [2.45, 2.75) is 45.4 Å². The van der Waals surface area contributed by atoms with Crippen molar-refractivity contribution >= 4 is 5.82 Å². The molecule has 0 radical (unpaired) electrons. The first-order valence-corrected chi connectivity index (χ1v) is 12.8. The maximum atomic E-state index is 9.77. The molecule has 4 rings (SSSR count). The van der Waals surface area contributed by atoms with E-state index in [0.29, 0.717) is 5.56 Å². The largest absolute Gasteiger partial charge is 0.494 e. The molecule has 0 aliphatic carbocycles. The van der Waals surface area contributed by atoms with Gasteiger partial charge < -0.3 is 10.5 Å². The highest BCUT2D eigenvalue weighted by Crippen LogP contribution is 2.33. The molecule has 0 bridgehead atoms. The maximum Gasteiger partial charge on any atom is 0.142 e. The predicted octanol–water partition coefficient (Wildman–Crippen LogP) is 8.28. The summed E-state index contributed by atoms with van der Waals surface area (Å²) in [5, 5.41) is 9.77. The second-order valence-electron chi connectivity index (χ2n) is 9.01. The number of unbranched alkanes of at least 4 members (excludes halogenated alkanes) is 5. The molecule has 2 N–H and O–H groups in total. The Bertz CT molecular complexity index is 1290. The van der Waals surface area contributed by atoms with Crippen molar-refractivity contribution < 1.29 is 4.74 Å². The van der Waals surface area contributed by atoms with Crippen LogP contribution in [-0.4, -0.2) is 11.6 Å². The fraction of sp³-hybridized carbons (Fsp3) is 0.250. The quantitative estimate of drug-likeness (QED) is 0.222. The monoisotopic (exact) mass is 475 g/mol. The number of pyridine rings is 1. The summed E-state index contributed by atoms with van der Waals surface area (Å²) in [6, 6.07) is 30.5. The van der Waals surface area contributed by atoms with Gasteiger partial charge in [0, 0.05) is 11.1 Å². The summed E-state index contributed by atoms with van der Waals surface area (Å²) < 4.78 is 5.92. The second kappa shape index (κ2) is 12.6. The highest BCUT2D eigenvalue weighted by Gasteiger charge is 2.14. The van der Waals surface area contributed by atoms with E-state index in [1.807, 2.05) is 60.7 Å². The third-order valence-corrected chi connectivity index (χ3v) is 6.38. The third kappa shape index (κ3) is 6.31. The van der Waals surface area contributed by atoms with Crippen molar-refractivity contribution in [2.75, 3.05) is 12.3 Å². The fourth-order valence-electron chi connectivity index (χ4n) is 4.33. The lowest BCUT2D eigenvalue weighted by Crippen LogP contribution is -2.00. The van der Waals surface area contributed by atoms with Crippen LogP contribution in [0.5, 0.6) is 5.75 Å². The van der Waals surface area contributed by atoms with E-state index in [9.17, 15) is 5.26 Å². The van der Waals surface area contributed by atoms with Crippen molar-refractivity contribution in [2.24, 2.45) is 0 Å². The Morgan fingerprint density at radius 3 is 2.06 bits per heavy atom. The van der Waals surface area contributed by atoms with Crippen LogP contribution in [0.15, 0.2) is 84.9 Å². The van der Waals surface area contributed by atoms with Crippen molar-refractivity contribution in [3.8, 4) is 45.3 Å². The summed E-state index contributed by atoms with van der Waals surface area (Å²) in [7, 11) is 0. The zero-order valence-corrected chi connectivity index (χ0v) is 20.9. The number of anilines is 1. The molecule has 182 valence electrons. The Morgan fingerprint density at radius 2 is 1.36 bits per heavy atom. The molecule has 0 aliphatic rings. The molecular weight excluding hydrogens is 442 g/mol. The van der Waals surface area contributed by atoms with Crippen LogP contribution in [0.2, 0.25) is 0 Å². The van der Waals surface area contributed by atoms with Gasteiger partial charge in [-0.25, -0.2) is 4.98 Å². The van der Waals surface area contributed by atoms with Crippen LogP contribution in [0.1, 0.15) is 51.0 Å². The van der Waals surface area contributed by atoms with Gasteiger partial charge in [-0.2, -0.15) is 5.26 Å². The van der Waals surface area contributed by atoms with Gasteiger partial charge in [0.1, 0.15) is 23.2 Å². The van der Waals surface area contributed by atoms with Crippen molar-refractivity contribution in [3.63, 3.8) is 0 Å². The molecule has 0 fully saturated rings. The Hall–Kier alpha value is -4.10. The highest BCUT2D eigenvalue weighted by atomic mass is 16.5. The highest BCUT2D eigenvalue weighted by molar-refractivity contribution is 5.81. The molecule has 4 nitrogen and oxygen atoms in total. The summed E-state index contributed by atoms with van der Waals surface area (Å²) in [5.41, 5.74) is 12.3. The van der Waals surface area contributed by atoms with Gasteiger partial charge in [-0.05, 0) is 41.3 Å². The van der Waals surface area contributed by atoms with Gasteiger partial charge in [-0.1, -0.05) is 106 Å². The van der Waals surface area contributed by atoms with Crippen LogP contribution >= 0.6 is 0 Å². The molecule has 4 aromatic rings. The Morgan fingerprint density at radius 1 is 0.750 bits per heavy atom. The van der Waals surface area contributed by atoms with Gasteiger partial charge in [0.05, 0.1) is 12.3 Å². The molecule has 1 aromatic heterocycles. The number of aromatic nitrogens is 1. The van der Waals surface area contributed by atoms with Crippen LogP contribution in [0.3, 0.4) is 0 Å². The number of rotatable bonds is 11. The molecule has 36 heavy (non-hydrogen) atoms. The lowest BCUT2D eigenvalue weighted by Gasteiger charge is -2.12. The number of nitrogen functional groups attached to an aromatic ring is 1. The molecular formula is C32H33N3O. The van der Waals surface area contributed by atoms with Crippen molar-refractivity contribution in [3.05, 3.63) is 90.5 Å². The van der Waals surface area contributed by atoms with Crippen molar-refractivity contribution in [1.29, 1.82) is 5.26 Å². The molecule has 0 atom stereocenters. The van der Waals surface area contributed by atoms with Crippen LogP contribution in [0.25, 0.3) is 33.5 Å². The smallest absolute Gasteiger partial charge is 0.142 e. The SMILES string of the molecule is CCCCCCCCOc1ccc(-c2cc(-c3ccc(-c4ccccc4)cc3)nc(N)c2C#N)cc1. The average molecular weight is 476 g/mol. The van der Waals surface area contributed by atoms with Crippen LogP contribution in [0.4, 0.5) is 5.82 Å². The van der Waals surface area contributed by atoms with Crippen LogP contribution in [-0.2, 0) is 0 Å². The summed E-state index contributed by atoms with van der Waals surface area (Å²) in [6.45, 7) is 2.96. The molecule has 4 heteroatoms. The van der Waals surface area contributed by atoms with E-state index in [-0.39, 0.29) is 5.82 Å². The molecule has 1 heterocycles. The van der Waals surface area contributed by atoms with E-state index < -0.39 is 0 Å². The van der Waals surface area contributed by atoms with E-state index in [1.54, 1.807) is 0 Å². The Balaban J connectivity index is 1.49. The number of hydrogen-bond acceptors (Lipinski definition) is 4. The lowest BCUT2D eigenvalue weighted by molar-refractivity contribution is 0.304. The second-order valence-corrected chi connectivity index (χ2v) is 9.01. The zero-order chi connectivity index (χ0) is 25.2. The Kier molecular flexibility index (Phi) is 8.72. The van der Waals surface area contributed by atoms with Crippen LogP contribution in [0, 0.1) is 11.3 Å². The number of benzene rings is 3. The predicted molar refractivity (Wildman–Crippen MR) is 149 cm³/mol.